The Morgan fingerprint density at radius 2 is 1.83 bits per heavy atom. The van der Waals surface area contributed by atoms with Crippen LogP contribution in [0.3, 0.4) is 0 Å². The lowest BCUT2D eigenvalue weighted by Gasteiger charge is -2.38. The largest absolute Gasteiger partial charge is 0.405 e. The molecule has 0 radical (unpaired) electrons. The number of nitrogens with zero attached hydrogens (tertiary/aromatic N) is 1. The molecule has 4 nitrogen and oxygen atoms in total. The van der Waals surface area contributed by atoms with Gasteiger partial charge in [0.15, 0.2) is 0 Å². The first-order chi connectivity index (χ1) is 10.1. The second-order valence-electron chi connectivity index (χ2n) is 5.31. The number of nitrogens with two attached hydrogens (primary N) is 1. The Balaban J connectivity index is 0.00000264. The number of hydrogen-bond donors (Lipinski definition) is 1. The normalized spacial score (nSPS) is 23.3. The van der Waals surface area contributed by atoms with Gasteiger partial charge in [-0.25, -0.2) is 12.8 Å². The summed E-state index contributed by atoms with van der Waals surface area (Å²) in [6.45, 7) is -0.416. The molecule has 10 heteroatoms. The van der Waals surface area contributed by atoms with Crippen molar-refractivity contribution >= 4 is 22.4 Å². The van der Waals surface area contributed by atoms with Crippen LogP contribution >= 0.6 is 12.4 Å². The molecule has 1 fully saturated rings. The molecule has 1 heterocycles. The third-order valence-electron chi connectivity index (χ3n) is 3.60. The second-order valence-corrected chi connectivity index (χ2v) is 7.23. The molecule has 2 unspecified atom stereocenters. The molecular formula is C13H17ClF4N2O2S. The molecule has 0 amide bonds. The third-order valence-corrected chi connectivity index (χ3v) is 5.40. The Hall–Kier alpha value is -0.900. The van der Waals surface area contributed by atoms with Crippen LogP contribution in [0.15, 0.2) is 24.3 Å². The number of halogens is 5. The number of alkyl halides is 3. The van der Waals surface area contributed by atoms with Gasteiger partial charge in [0.1, 0.15) is 11.9 Å². The van der Waals surface area contributed by atoms with Crippen LogP contribution in [0.4, 0.5) is 17.6 Å². The van der Waals surface area contributed by atoms with Crippen LogP contribution < -0.4 is 5.73 Å². The molecule has 2 rings (SSSR count). The number of hydrogen-bond acceptors (Lipinski definition) is 3. The third kappa shape index (κ3) is 4.79. The summed E-state index contributed by atoms with van der Waals surface area (Å²) in [6, 6.07) is 2.34. The summed E-state index contributed by atoms with van der Waals surface area (Å²) < 4.78 is 77.7. The van der Waals surface area contributed by atoms with Gasteiger partial charge in [-0.05, 0) is 18.9 Å². The topological polar surface area (TPSA) is 63.4 Å². The molecule has 0 bridgehead atoms. The van der Waals surface area contributed by atoms with Crippen molar-refractivity contribution < 1.29 is 26.0 Å². The monoisotopic (exact) mass is 376 g/mol. The first kappa shape index (κ1) is 20.1. The average molecular weight is 377 g/mol. The first-order valence-corrected chi connectivity index (χ1v) is 8.27. The molecule has 1 aromatic rings. The number of sulfonamides is 1. The lowest BCUT2D eigenvalue weighted by Crippen LogP contribution is -2.56. The van der Waals surface area contributed by atoms with Gasteiger partial charge in [-0.3, -0.25) is 0 Å². The highest BCUT2D eigenvalue weighted by molar-refractivity contribution is 7.88. The highest BCUT2D eigenvalue weighted by atomic mass is 35.5. The van der Waals surface area contributed by atoms with Crippen molar-refractivity contribution in [2.75, 3.05) is 6.54 Å². The minimum Gasteiger partial charge on any atom is -0.327 e. The molecule has 1 aromatic carbocycles. The minimum atomic E-state index is -4.68. The van der Waals surface area contributed by atoms with E-state index in [2.05, 4.69) is 0 Å². The van der Waals surface area contributed by atoms with E-state index in [0.29, 0.717) is 4.31 Å². The maximum absolute atomic E-state index is 13.6. The summed E-state index contributed by atoms with van der Waals surface area (Å²) in [5.41, 5.74) is 5.44. The minimum absolute atomic E-state index is 0. The quantitative estimate of drug-likeness (QED) is 0.824. The number of benzene rings is 1. The Kier molecular flexibility index (Phi) is 6.42. The van der Waals surface area contributed by atoms with Gasteiger partial charge in [-0.15, -0.1) is 12.4 Å². The maximum Gasteiger partial charge on any atom is 0.405 e. The standard InChI is InChI=1S/C13H16F4N2O2S.ClH/c14-11-4-2-1-3-9(11)8-22(20,21)19-7-10(18)5-6-12(19)13(15,16)17;/h1-4,10,12H,5-8,18H2;1H. The van der Waals surface area contributed by atoms with Crippen LogP contribution in [0.1, 0.15) is 18.4 Å². The molecule has 0 aliphatic carbocycles. The van der Waals surface area contributed by atoms with Gasteiger partial charge in [0.2, 0.25) is 10.0 Å². The van der Waals surface area contributed by atoms with E-state index in [1.807, 2.05) is 0 Å². The van der Waals surface area contributed by atoms with E-state index in [9.17, 15) is 26.0 Å². The predicted octanol–water partition coefficient (Wildman–Crippen LogP) is 2.43. The van der Waals surface area contributed by atoms with E-state index in [4.69, 9.17) is 5.73 Å². The van der Waals surface area contributed by atoms with Gasteiger partial charge < -0.3 is 5.73 Å². The van der Waals surface area contributed by atoms with Crippen molar-refractivity contribution in [1.29, 1.82) is 0 Å². The van der Waals surface area contributed by atoms with Gasteiger partial charge >= 0.3 is 6.18 Å². The maximum atomic E-state index is 13.6. The van der Waals surface area contributed by atoms with Crippen molar-refractivity contribution in [1.82, 2.24) is 4.31 Å². The van der Waals surface area contributed by atoms with Crippen molar-refractivity contribution in [3.63, 3.8) is 0 Å². The molecule has 0 saturated carbocycles. The van der Waals surface area contributed by atoms with E-state index in [0.717, 1.165) is 6.07 Å². The fraction of sp³-hybridized carbons (Fsp3) is 0.538. The molecule has 2 atom stereocenters. The fourth-order valence-corrected chi connectivity index (χ4v) is 4.32. The summed E-state index contributed by atoms with van der Waals surface area (Å²) in [5.74, 6) is -1.59. The Bertz CT molecular complexity index is 639. The van der Waals surface area contributed by atoms with Crippen molar-refractivity contribution in [2.24, 2.45) is 5.73 Å². The van der Waals surface area contributed by atoms with E-state index in [1.165, 1.54) is 18.2 Å². The van der Waals surface area contributed by atoms with Crippen LogP contribution in [0.25, 0.3) is 0 Å². The molecule has 1 aliphatic heterocycles. The molecule has 2 N–H and O–H groups in total. The zero-order valence-electron chi connectivity index (χ0n) is 12.0. The molecule has 23 heavy (non-hydrogen) atoms. The lowest BCUT2D eigenvalue weighted by molar-refractivity contribution is -0.178. The zero-order chi connectivity index (χ0) is 16.5. The molecule has 0 spiro atoms. The van der Waals surface area contributed by atoms with Crippen LogP contribution in [-0.4, -0.2) is 37.5 Å². The van der Waals surface area contributed by atoms with E-state index in [1.54, 1.807) is 0 Å². The summed E-state index contributed by atoms with van der Waals surface area (Å²) in [6.07, 6.45) is -4.97. The van der Waals surface area contributed by atoms with Crippen molar-refractivity contribution in [2.45, 2.75) is 36.9 Å². The Morgan fingerprint density at radius 3 is 2.39 bits per heavy atom. The lowest BCUT2D eigenvalue weighted by atomic mass is 10.0. The van der Waals surface area contributed by atoms with Crippen LogP contribution in [0.2, 0.25) is 0 Å². The highest BCUT2D eigenvalue weighted by Gasteiger charge is 2.49. The Labute approximate surface area is 138 Å². The SMILES string of the molecule is Cl.NC1CCC(C(F)(F)F)N(S(=O)(=O)Cc2ccccc2F)C1. The summed E-state index contributed by atoms with van der Waals surface area (Å²) >= 11 is 0. The van der Waals surface area contributed by atoms with E-state index < -0.39 is 46.4 Å². The molecular weight excluding hydrogens is 360 g/mol. The molecule has 0 aromatic heterocycles. The van der Waals surface area contributed by atoms with Crippen molar-refractivity contribution in [3.8, 4) is 0 Å². The van der Waals surface area contributed by atoms with Gasteiger partial charge in [-0.1, -0.05) is 18.2 Å². The molecule has 132 valence electrons. The second kappa shape index (κ2) is 7.33. The van der Waals surface area contributed by atoms with Gasteiger partial charge in [-0.2, -0.15) is 17.5 Å². The summed E-state index contributed by atoms with van der Waals surface area (Å²) in [4.78, 5) is 0. The van der Waals surface area contributed by atoms with Crippen LogP contribution in [0, 0.1) is 5.82 Å². The number of piperidine rings is 1. The van der Waals surface area contributed by atoms with Crippen molar-refractivity contribution in [3.05, 3.63) is 35.6 Å². The van der Waals surface area contributed by atoms with E-state index >= 15 is 0 Å². The Morgan fingerprint density at radius 1 is 1.22 bits per heavy atom. The highest BCUT2D eigenvalue weighted by Crippen LogP contribution is 2.34. The van der Waals surface area contributed by atoms with Gasteiger partial charge in [0, 0.05) is 18.2 Å². The predicted molar refractivity (Wildman–Crippen MR) is 80.0 cm³/mol. The van der Waals surface area contributed by atoms with Crippen LogP contribution in [-0.2, 0) is 15.8 Å². The first-order valence-electron chi connectivity index (χ1n) is 6.66. The summed E-state index contributed by atoms with van der Waals surface area (Å²) in [7, 11) is -4.33. The van der Waals surface area contributed by atoms with E-state index in [-0.39, 0.29) is 30.8 Å². The average Bonchev–Trinajstić information content (AvgIpc) is 2.40. The van der Waals surface area contributed by atoms with Gasteiger partial charge in [0.05, 0.1) is 5.75 Å². The number of rotatable bonds is 3. The smallest absolute Gasteiger partial charge is 0.327 e. The van der Waals surface area contributed by atoms with Crippen LogP contribution in [0.5, 0.6) is 0 Å². The zero-order valence-corrected chi connectivity index (χ0v) is 13.6. The summed E-state index contributed by atoms with van der Waals surface area (Å²) in [5, 5.41) is 0. The molecule has 1 saturated heterocycles. The van der Waals surface area contributed by atoms with Gasteiger partial charge in [0.25, 0.3) is 0 Å². The molecule has 1 aliphatic rings. The fourth-order valence-electron chi connectivity index (χ4n) is 2.49.